The predicted molar refractivity (Wildman–Crippen MR) is 91.9 cm³/mol. The van der Waals surface area contributed by atoms with Crippen molar-refractivity contribution in [3.8, 4) is 0 Å². The van der Waals surface area contributed by atoms with Gasteiger partial charge in [0.15, 0.2) is 0 Å². The van der Waals surface area contributed by atoms with Crippen LogP contribution < -0.4 is 5.32 Å². The zero-order chi connectivity index (χ0) is 17.8. The topological polar surface area (TPSA) is 75.7 Å². The normalized spacial score (nSPS) is 19.8. The van der Waals surface area contributed by atoms with Gasteiger partial charge in [0.1, 0.15) is 6.04 Å². The zero-order valence-corrected chi connectivity index (χ0v) is 14.5. The molecule has 1 fully saturated rings. The van der Waals surface area contributed by atoms with Crippen LogP contribution in [0.3, 0.4) is 0 Å². The Balaban J connectivity index is 1.72. The molecule has 6 nitrogen and oxygen atoms in total. The Morgan fingerprint density at radius 2 is 2.00 bits per heavy atom. The van der Waals surface area contributed by atoms with Gasteiger partial charge < -0.3 is 15.0 Å². The van der Waals surface area contributed by atoms with E-state index >= 15 is 0 Å². The van der Waals surface area contributed by atoms with Crippen molar-refractivity contribution >= 4 is 17.8 Å². The third-order valence-electron chi connectivity index (χ3n) is 5.01. The monoisotopic (exact) mass is 344 g/mol. The van der Waals surface area contributed by atoms with Gasteiger partial charge in [-0.3, -0.25) is 14.4 Å². The molecule has 0 saturated carbocycles. The minimum atomic E-state index is -0.786. The van der Waals surface area contributed by atoms with E-state index in [2.05, 4.69) is 22.2 Å². The molecule has 0 bridgehead atoms. The van der Waals surface area contributed by atoms with Crippen molar-refractivity contribution in [1.29, 1.82) is 0 Å². The largest absolute Gasteiger partial charge is 0.469 e. The van der Waals surface area contributed by atoms with Gasteiger partial charge in [0.2, 0.25) is 11.8 Å². The highest BCUT2D eigenvalue weighted by atomic mass is 16.5. The third-order valence-corrected chi connectivity index (χ3v) is 5.01. The molecule has 1 aromatic rings. The molecule has 0 unspecified atom stereocenters. The van der Waals surface area contributed by atoms with E-state index in [1.165, 1.54) is 36.0 Å². The number of fused-ring (bicyclic) bond motifs is 1. The second-order valence-electron chi connectivity index (χ2n) is 6.66. The van der Waals surface area contributed by atoms with E-state index in [0.29, 0.717) is 13.1 Å². The minimum absolute atomic E-state index is 0.113. The summed E-state index contributed by atoms with van der Waals surface area (Å²) in [4.78, 5) is 37.9. The number of hydrogen-bond donors (Lipinski definition) is 1. The average molecular weight is 344 g/mol. The van der Waals surface area contributed by atoms with Crippen molar-refractivity contribution in [2.45, 2.75) is 44.6 Å². The number of ether oxygens (including phenoxy) is 1. The first-order valence-corrected chi connectivity index (χ1v) is 8.83. The summed E-state index contributed by atoms with van der Waals surface area (Å²) in [6, 6.07) is 5.45. The van der Waals surface area contributed by atoms with Crippen LogP contribution in [0.4, 0.5) is 0 Å². The van der Waals surface area contributed by atoms with Crippen molar-refractivity contribution in [1.82, 2.24) is 10.2 Å². The maximum Gasteiger partial charge on any atom is 0.308 e. The Morgan fingerprint density at radius 1 is 1.24 bits per heavy atom. The van der Waals surface area contributed by atoms with Gasteiger partial charge in [-0.25, -0.2) is 0 Å². The lowest BCUT2D eigenvalue weighted by atomic mass is 9.90. The van der Waals surface area contributed by atoms with Crippen LogP contribution in [0, 0.1) is 0 Å². The van der Waals surface area contributed by atoms with Crippen LogP contribution in [-0.4, -0.2) is 48.9 Å². The first-order valence-electron chi connectivity index (χ1n) is 8.83. The van der Waals surface area contributed by atoms with Crippen LogP contribution in [0.1, 0.15) is 36.0 Å². The molecule has 3 rings (SSSR count). The smallest absolute Gasteiger partial charge is 0.308 e. The van der Waals surface area contributed by atoms with Crippen molar-refractivity contribution in [3.05, 3.63) is 34.9 Å². The van der Waals surface area contributed by atoms with Crippen molar-refractivity contribution in [2.75, 3.05) is 20.2 Å². The van der Waals surface area contributed by atoms with E-state index in [-0.39, 0.29) is 24.7 Å². The second-order valence-corrected chi connectivity index (χ2v) is 6.66. The molecule has 0 radical (unpaired) electrons. The fraction of sp³-hybridized carbons (Fsp3) is 0.526. The van der Waals surface area contributed by atoms with E-state index in [1.54, 1.807) is 0 Å². The standard InChI is InChI=1S/C19H24N2O4/c1-25-18(23)12-16-19(24)20-8-9-21(16)17(22)11-13-6-7-14-4-2-3-5-15(14)10-13/h6-7,10,16H,2-5,8-9,11-12H2,1H3,(H,20,24)/t16-/m1/s1. The fourth-order valence-corrected chi connectivity index (χ4v) is 3.63. The highest BCUT2D eigenvalue weighted by Crippen LogP contribution is 2.23. The molecule has 1 aliphatic heterocycles. The third kappa shape index (κ3) is 4.00. The van der Waals surface area contributed by atoms with Crippen LogP contribution in [-0.2, 0) is 38.4 Å². The summed E-state index contributed by atoms with van der Waals surface area (Å²) in [5, 5.41) is 2.71. The van der Waals surface area contributed by atoms with E-state index < -0.39 is 12.0 Å². The quantitative estimate of drug-likeness (QED) is 0.827. The lowest BCUT2D eigenvalue weighted by Gasteiger charge is -2.34. The van der Waals surface area contributed by atoms with Crippen LogP contribution >= 0.6 is 0 Å². The molecule has 1 N–H and O–H groups in total. The maximum absolute atomic E-state index is 12.8. The first-order chi connectivity index (χ1) is 12.1. The van der Waals surface area contributed by atoms with Crippen molar-refractivity contribution in [3.63, 3.8) is 0 Å². The molecule has 25 heavy (non-hydrogen) atoms. The Labute approximate surface area is 147 Å². The Morgan fingerprint density at radius 3 is 2.76 bits per heavy atom. The fourth-order valence-electron chi connectivity index (χ4n) is 3.63. The van der Waals surface area contributed by atoms with Crippen LogP contribution in [0.2, 0.25) is 0 Å². The molecular weight excluding hydrogens is 320 g/mol. The minimum Gasteiger partial charge on any atom is -0.469 e. The molecular formula is C19H24N2O4. The van der Waals surface area contributed by atoms with Gasteiger partial charge in [-0.15, -0.1) is 0 Å². The van der Waals surface area contributed by atoms with E-state index in [1.807, 2.05) is 6.07 Å². The summed E-state index contributed by atoms with van der Waals surface area (Å²) in [5.41, 5.74) is 3.68. The molecule has 6 heteroatoms. The van der Waals surface area contributed by atoms with Gasteiger partial charge in [-0.05, 0) is 42.4 Å². The highest BCUT2D eigenvalue weighted by molar-refractivity contribution is 5.92. The SMILES string of the molecule is COC(=O)C[C@@H]1C(=O)NCCN1C(=O)Cc1ccc2c(c1)CCCC2. The lowest BCUT2D eigenvalue weighted by Crippen LogP contribution is -2.58. The van der Waals surface area contributed by atoms with Gasteiger partial charge in [0, 0.05) is 13.1 Å². The van der Waals surface area contributed by atoms with Gasteiger partial charge in [-0.2, -0.15) is 0 Å². The number of carbonyl (C=O) groups excluding carboxylic acids is 3. The van der Waals surface area contributed by atoms with Gasteiger partial charge in [-0.1, -0.05) is 18.2 Å². The van der Waals surface area contributed by atoms with Crippen LogP contribution in [0.5, 0.6) is 0 Å². The number of benzene rings is 1. The average Bonchev–Trinajstić information content (AvgIpc) is 2.63. The molecule has 0 aromatic heterocycles. The van der Waals surface area contributed by atoms with E-state index in [4.69, 9.17) is 0 Å². The first kappa shape index (κ1) is 17.5. The number of piperazine rings is 1. The molecule has 1 heterocycles. The molecule has 2 aliphatic rings. The van der Waals surface area contributed by atoms with Crippen molar-refractivity contribution < 1.29 is 19.1 Å². The summed E-state index contributed by atoms with van der Waals surface area (Å²) in [7, 11) is 1.28. The molecule has 1 saturated heterocycles. The molecule has 1 aromatic carbocycles. The van der Waals surface area contributed by atoms with Crippen LogP contribution in [0.25, 0.3) is 0 Å². The van der Waals surface area contributed by atoms with Gasteiger partial charge in [0.25, 0.3) is 0 Å². The summed E-state index contributed by atoms with van der Waals surface area (Å²) < 4.78 is 4.65. The summed E-state index contributed by atoms with van der Waals surface area (Å²) in [5.74, 6) is -0.913. The summed E-state index contributed by atoms with van der Waals surface area (Å²) in [6.45, 7) is 0.823. The van der Waals surface area contributed by atoms with Crippen molar-refractivity contribution in [2.24, 2.45) is 0 Å². The molecule has 0 spiro atoms. The number of rotatable bonds is 4. The lowest BCUT2D eigenvalue weighted by molar-refractivity contribution is -0.150. The van der Waals surface area contributed by atoms with E-state index in [0.717, 1.165) is 18.4 Å². The molecule has 2 amide bonds. The highest BCUT2D eigenvalue weighted by Gasteiger charge is 2.34. The predicted octanol–water partition coefficient (Wildman–Crippen LogP) is 0.998. The summed E-state index contributed by atoms with van der Waals surface area (Å²) in [6.07, 6.45) is 4.73. The number of methoxy groups -OCH3 is 1. The number of amides is 2. The second kappa shape index (κ2) is 7.68. The van der Waals surface area contributed by atoms with Crippen LogP contribution in [0.15, 0.2) is 18.2 Å². The Bertz CT molecular complexity index is 686. The zero-order valence-electron chi connectivity index (χ0n) is 14.5. The molecule has 1 atom stereocenters. The van der Waals surface area contributed by atoms with Gasteiger partial charge >= 0.3 is 5.97 Å². The number of aryl methyl sites for hydroxylation is 2. The molecule has 134 valence electrons. The molecule has 1 aliphatic carbocycles. The Hall–Kier alpha value is -2.37. The number of nitrogens with one attached hydrogen (secondary N) is 1. The van der Waals surface area contributed by atoms with E-state index in [9.17, 15) is 14.4 Å². The van der Waals surface area contributed by atoms with Gasteiger partial charge in [0.05, 0.1) is 20.0 Å². The number of carbonyl (C=O) groups is 3. The number of nitrogens with zero attached hydrogens (tertiary/aromatic N) is 1. The number of hydrogen-bond acceptors (Lipinski definition) is 4. The maximum atomic E-state index is 12.8. The number of esters is 1. The Kier molecular flexibility index (Phi) is 5.36. The summed E-state index contributed by atoms with van der Waals surface area (Å²) >= 11 is 0.